The topological polar surface area (TPSA) is 86.3 Å². The van der Waals surface area contributed by atoms with Gasteiger partial charge in [-0.3, -0.25) is 14.7 Å². The number of fused-ring (bicyclic) bond motifs is 1. The number of rotatable bonds is 6. The van der Waals surface area contributed by atoms with Crippen LogP contribution in [-0.4, -0.2) is 64.5 Å². The number of hydrogen-bond acceptors (Lipinski definition) is 7. The first-order chi connectivity index (χ1) is 19.0. The summed E-state index contributed by atoms with van der Waals surface area (Å²) in [5.74, 6) is 0.548. The minimum atomic E-state index is -0.302. The highest BCUT2D eigenvalue weighted by atomic mass is 35.5. The minimum Gasteiger partial charge on any atom is -0.377 e. The van der Waals surface area contributed by atoms with Gasteiger partial charge in [-0.1, -0.05) is 35.9 Å². The fourth-order valence-electron chi connectivity index (χ4n) is 5.41. The van der Waals surface area contributed by atoms with Gasteiger partial charge in [-0.25, -0.2) is 14.4 Å². The van der Waals surface area contributed by atoms with Gasteiger partial charge < -0.3 is 15.5 Å². The second-order valence-corrected chi connectivity index (χ2v) is 10.4. The number of carbonyl (C=O) groups excluding carboxylic acids is 1. The molecule has 2 aromatic heterocycles. The average molecular weight is 546 g/mol. The lowest BCUT2D eigenvalue weighted by molar-refractivity contribution is -0.123. The molecular weight excluding hydrogens is 517 g/mol. The van der Waals surface area contributed by atoms with Gasteiger partial charge in [0.05, 0.1) is 28.3 Å². The Morgan fingerprint density at radius 2 is 1.79 bits per heavy atom. The van der Waals surface area contributed by atoms with Crippen LogP contribution in [0.1, 0.15) is 24.9 Å². The van der Waals surface area contributed by atoms with E-state index in [1.165, 1.54) is 6.07 Å². The van der Waals surface area contributed by atoms with E-state index in [1.807, 2.05) is 43.6 Å². The van der Waals surface area contributed by atoms with Gasteiger partial charge >= 0.3 is 0 Å². The van der Waals surface area contributed by atoms with E-state index in [0.29, 0.717) is 22.2 Å². The van der Waals surface area contributed by atoms with Crippen LogP contribution >= 0.6 is 11.6 Å². The zero-order valence-corrected chi connectivity index (χ0v) is 22.3. The fraction of sp³-hybridized carbons (Fsp3) is 0.310. The molecule has 4 aromatic rings. The highest BCUT2D eigenvalue weighted by Crippen LogP contribution is 2.35. The van der Waals surface area contributed by atoms with Crippen molar-refractivity contribution in [2.45, 2.75) is 25.4 Å². The number of aromatic nitrogens is 3. The van der Waals surface area contributed by atoms with Crippen LogP contribution in [0.4, 0.5) is 16.0 Å². The third kappa shape index (κ3) is 5.12. The summed E-state index contributed by atoms with van der Waals surface area (Å²) in [6.07, 6.45) is 6.13. The van der Waals surface area contributed by atoms with Gasteiger partial charge in [0.1, 0.15) is 5.82 Å². The summed E-state index contributed by atoms with van der Waals surface area (Å²) in [5, 5.41) is 7.60. The van der Waals surface area contributed by atoms with Crippen molar-refractivity contribution < 1.29 is 9.18 Å². The monoisotopic (exact) mass is 545 g/mol. The molecule has 2 saturated heterocycles. The molecule has 2 atom stereocenters. The number of nitrogens with one attached hydrogen (secondary N) is 2. The van der Waals surface area contributed by atoms with Gasteiger partial charge in [0.15, 0.2) is 0 Å². The molecule has 2 aliphatic heterocycles. The lowest BCUT2D eigenvalue weighted by Gasteiger charge is -2.36. The summed E-state index contributed by atoms with van der Waals surface area (Å²) in [4.78, 5) is 30.2. The number of benzene rings is 2. The summed E-state index contributed by atoms with van der Waals surface area (Å²) in [5.41, 5.74) is 3.83. The predicted molar refractivity (Wildman–Crippen MR) is 151 cm³/mol. The summed E-state index contributed by atoms with van der Waals surface area (Å²) in [7, 11) is 0. The molecule has 2 aliphatic rings. The Morgan fingerprint density at radius 3 is 2.51 bits per heavy atom. The first-order valence-electron chi connectivity index (χ1n) is 13.2. The maximum absolute atomic E-state index is 14.4. The van der Waals surface area contributed by atoms with E-state index in [4.69, 9.17) is 11.6 Å². The van der Waals surface area contributed by atoms with Crippen molar-refractivity contribution in [3.63, 3.8) is 0 Å². The molecule has 2 unspecified atom stereocenters. The number of amides is 1. The number of pyridine rings is 1. The van der Waals surface area contributed by atoms with Crippen molar-refractivity contribution >= 4 is 40.0 Å². The molecule has 0 spiro atoms. The SMILES string of the molecule is CC(Nc1c(Cl)cnc2ccc(-c3cnc(N4CCN(C5CCNC5=O)CC4)nc3)cc12)c1ccccc1F. The largest absolute Gasteiger partial charge is 0.377 e. The third-order valence-electron chi connectivity index (χ3n) is 7.58. The molecule has 8 nitrogen and oxygen atoms in total. The van der Waals surface area contributed by atoms with E-state index in [1.54, 1.807) is 18.3 Å². The number of anilines is 2. The van der Waals surface area contributed by atoms with Crippen molar-refractivity contribution in [1.29, 1.82) is 0 Å². The summed E-state index contributed by atoms with van der Waals surface area (Å²) >= 11 is 6.56. The average Bonchev–Trinajstić information content (AvgIpc) is 3.40. The second-order valence-electron chi connectivity index (χ2n) is 9.99. The highest BCUT2D eigenvalue weighted by Gasteiger charge is 2.32. The second kappa shape index (κ2) is 10.7. The van der Waals surface area contributed by atoms with E-state index in [2.05, 4.69) is 35.4 Å². The maximum Gasteiger partial charge on any atom is 0.237 e. The van der Waals surface area contributed by atoms with Gasteiger partial charge in [0.2, 0.25) is 11.9 Å². The van der Waals surface area contributed by atoms with Crippen molar-refractivity contribution in [2.24, 2.45) is 0 Å². The number of hydrogen-bond donors (Lipinski definition) is 2. The molecule has 0 saturated carbocycles. The maximum atomic E-state index is 14.4. The molecule has 2 aromatic carbocycles. The summed E-state index contributed by atoms with van der Waals surface area (Å²) < 4.78 is 14.4. The number of nitrogens with zero attached hydrogens (tertiary/aromatic N) is 5. The van der Waals surface area contributed by atoms with Crippen LogP contribution in [0.3, 0.4) is 0 Å². The Kier molecular flexibility index (Phi) is 7.01. The molecule has 0 aliphatic carbocycles. The van der Waals surface area contributed by atoms with Crippen LogP contribution in [-0.2, 0) is 4.79 Å². The van der Waals surface area contributed by atoms with E-state index >= 15 is 0 Å². The van der Waals surface area contributed by atoms with Crippen LogP contribution in [0.25, 0.3) is 22.0 Å². The third-order valence-corrected chi connectivity index (χ3v) is 7.87. The Labute approximate surface area is 231 Å². The van der Waals surface area contributed by atoms with Gasteiger partial charge in [-0.15, -0.1) is 0 Å². The quantitative estimate of drug-likeness (QED) is 0.364. The molecule has 39 heavy (non-hydrogen) atoms. The van der Waals surface area contributed by atoms with Crippen LogP contribution < -0.4 is 15.5 Å². The molecule has 200 valence electrons. The Balaban J connectivity index is 1.21. The molecule has 10 heteroatoms. The Bertz CT molecular complexity index is 1510. The smallest absolute Gasteiger partial charge is 0.237 e. The summed E-state index contributed by atoms with van der Waals surface area (Å²) in [6, 6.07) is 12.3. The van der Waals surface area contributed by atoms with E-state index in [9.17, 15) is 9.18 Å². The van der Waals surface area contributed by atoms with Crippen LogP contribution in [0.15, 0.2) is 61.1 Å². The highest BCUT2D eigenvalue weighted by molar-refractivity contribution is 6.34. The zero-order valence-electron chi connectivity index (χ0n) is 21.6. The normalized spacial score (nSPS) is 18.8. The van der Waals surface area contributed by atoms with Crippen molar-refractivity contribution in [1.82, 2.24) is 25.2 Å². The molecule has 2 N–H and O–H groups in total. The van der Waals surface area contributed by atoms with Gasteiger partial charge in [-0.05, 0) is 37.1 Å². The zero-order chi connectivity index (χ0) is 26.9. The molecule has 2 fully saturated rings. The van der Waals surface area contributed by atoms with Crippen LogP contribution in [0.2, 0.25) is 5.02 Å². The van der Waals surface area contributed by atoms with Crippen molar-refractivity contribution in [3.05, 3.63) is 77.5 Å². The fourth-order valence-corrected chi connectivity index (χ4v) is 5.62. The molecule has 0 bridgehead atoms. The van der Waals surface area contributed by atoms with E-state index in [-0.39, 0.29) is 23.8 Å². The molecule has 4 heterocycles. The van der Waals surface area contributed by atoms with Gasteiger partial charge in [-0.2, -0.15) is 0 Å². The lowest BCUT2D eigenvalue weighted by Crippen LogP contribution is -2.52. The Morgan fingerprint density at radius 1 is 1.03 bits per heavy atom. The predicted octanol–water partition coefficient (Wildman–Crippen LogP) is 4.67. The molecule has 1 amide bonds. The van der Waals surface area contributed by atoms with Crippen molar-refractivity contribution in [3.8, 4) is 11.1 Å². The first-order valence-corrected chi connectivity index (χ1v) is 13.5. The van der Waals surface area contributed by atoms with Crippen molar-refractivity contribution in [2.75, 3.05) is 42.9 Å². The van der Waals surface area contributed by atoms with E-state index in [0.717, 1.165) is 61.2 Å². The van der Waals surface area contributed by atoms with Crippen LogP contribution in [0.5, 0.6) is 0 Å². The Hall–Kier alpha value is -3.82. The standard InChI is InChI=1S/C29H29ClFN7O/c1-18(21-4-2-3-5-24(21)31)36-27-22-14-19(6-7-25(22)33-17-23(27)30)20-15-34-29(35-16-20)38-12-10-37(11-13-38)26-8-9-32-28(26)39/h2-7,14-18,26H,8-13H2,1H3,(H,32,39)(H,33,36). The van der Waals surface area contributed by atoms with Crippen LogP contribution in [0, 0.1) is 5.82 Å². The number of halogens is 2. The lowest BCUT2D eigenvalue weighted by atomic mass is 10.0. The minimum absolute atomic E-state index is 0.0135. The first kappa shape index (κ1) is 25.5. The molecule has 6 rings (SSSR count). The van der Waals surface area contributed by atoms with E-state index < -0.39 is 0 Å². The number of carbonyl (C=O) groups is 1. The van der Waals surface area contributed by atoms with Gasteiger partial charge in [0, 0.05) is 67.8 Å². The summed E-state index contributed by atoms with van der Waals surface area (Å²) in [6.45, 7) is 5.83. The molecular formula is C29H29ClFN7O. The van der Waals surface area contributed by atoms with Gasteiger partial charge in [0.25, 0.3) is 0 Å². The molecule has 0 radical (unpaired) electrons. The number of piperazine rings is 1.